The lowest BCUT2D eigenvalue weighted by Gasteiger charge is -2.26. The number of carboxylic acid groups (broad SMARTS) is 1. The van der Waals surface area contributed by atoms with Crippen LogP contribution in [-0.2, 0) is 4.79 Å². The van der Waals surface area contributed by atoms with Crippen LogP contribution < -0.4 is 5.32 Å². The zero-order chi connectivity index (χ0) is 16.2. The summed E-state index contributed by atoms with van der Waals surface area (Å²) in [4.78, 5) is 11.1. The van der Waals surface area contributed by atoms with E-state index in [1.54, 1.807) is 13.8 Å². The fourth-order valence-electron chi connectivity index (χ4n) is 1.95. The summed E-state index contributed by atoms with van der Waals surface area (Å²) in [6.45, 7) is 3.53. The molecule has 1 aromatic carbocycles. The smallest absolute Gasteiger partial charge is 0.407 e. The van der Waals surface area contributed by atoms with Gasteiger partial charge in [-0.3, -0.25) is 10.1 Å². The number of rotatable bonds is 6. The molecule has 21 heavy (non-hydrogen) atoms. The normalized spacial score (nSPS) is 15.0. The summed E-state index contributed by atoms with van der Waals surface area (Å²) in [5.41, 5.74) is -0.0132. The molecule has 0 aliphatic heterocycles. The third kappa shape index (κ3) is 5.67. The number of hydrogen-bond acceptors (Lipinski definition) is 2. The van der Waals surface area contributed by atoms with Gasteiger partial charge in [-0.05, 0) is 30.0 Å². The van der Waals surface area contributed by atoms with Crippen molar-refractivity contribution in [3.05, 3.63) is 34.3 Å². The highest BCUT2D eigenvalue weighted by Crippen LogP contribution is 2.34. The zero-order valence-corrected chi connectivity index (χ0v) is 13.2. The van der Waals surface area contributed by atoms with Crippen molar-refractivity contribution < 1.29 is 23.1 Å². The Morgan fingerprint density at radius 2 is 1.81 bits per heavy atom. The van der Waals surface area contributed by atoms with Crippen molar-refractivity contribution in [2.45, 2.75) is 38.5 Å². The summed E-state index contributed by atoms with van der Waals surface area (Å²) in [5.74, 6) is -1.31. The first kappa shape index (κ1) is 18.0. The standard InChI is InChI=1S/C14H17BrF3NO2/c1-8(2)7-11(13(20)21)19-12(14(16,17)18)9-3-5-10(15)6-4-9/h3-6,8,11-12,19H,7H2,1-2H3,(H,20,21)/t11?,12-/m0/s1. The van der Waals surface area contributed by atoms with E-state index in [-0.39, 0.29) is 17.9 Å². The van der Waals surface area contributed by atoms with Gasteiger partial charge in [0, 0.05) is 4.47 Å². The monoisotopic (exact) mass is 367 g/mol. The third-order valence-corrected chi connectivity index (χ3v) is 3.43. The van der Waals surface area contributed by atoms with Gasteiger partial charge >= 0.3 is 12.1 Å². The second-order valence-corrected chi connectivity index (χ2v) is 6.13. The summed E-state index contributed by atoms with van der Waals surface area (Å²) in [6, 6.07) is 2.38. The molecule has 0 heterocycles. The van der Waals surface area contributed by atoms with Gasteiger partial charge in [0.05, 0.1) is 0 Å². The van der Waals surface area contributed by atoms with Crippen molar-refractivity contribution in [2.75, 3.05) is 0 Å². The number of halogens is 4. The van der Waals surface area contributed by atoms with Crippen molar-refractivity contribution in [1.82, 2.24) is 5.32 Å². The fraction of sp³-hybridized carbons (Fsp3) is 0.500. The molecule has 1 unspecified atom stereocenters. The van der Waals surface area contributed by atoms with Crippen LogP contribution in [0, 0.1) is 5.92 Å². The molecule has 2 N–H and O–H groups in total. The minimum atomic E-state index is -4.57. The van der Waals surface area contributed by atoms with Gasteiger partial charge in [0.2, 0.25) is 0 Å². The van der Waals surface area contributed by atoms with Crippen LogP contribution >= 0.6 is 15.9 Å². The Balaban J connectivity index is 3.03. The van der Waals surface area contributed by atoms with E-state index < -0.39 is 24.2 Å². The molecule has 0 aliphatic carbocycles. The zero-order valence-electron chi connectivity index (χ0n) is 11.6. The van der Waals surface area contributed by atoms with Crippen molar-refractivity contribution in [2.24, 2.45) is 5.92 Å². The third-order valence-electron chi connectivity index (χ3n) is 2.90. The second kappa shape index (κ2) is 7.26. The van der Waals surface area contributed by atoms with Gasteiger partial charge in [-0.15, -0.1) is 0 Å². The molecular formula is C14H17BrF3NO2. The van der Waals surface area contributed by atoms with Gasteiger partial charge in [0.15, 0.2) is 0 Å². The second-order valence-electron chi connectivity index (χ2n) is 5.21. The van der Waals surface area contributed by atoms with E-state index in [9.17, 15) is 18.0 Å². The molecule has 3 nitrogen and oxygen atoms in total. The number of carbonyl (C=O) groups is 1. The van der Waals surface area contributed by atoms with Gasteiger partial charge < -0.3 is 5.11 Å². The van der Waals surface area contributed by atoms with Crippen LogP contribution in [0.25, 0.3) is 0 Å². The fourth-order valence-corrected chi connectivity index (χ4v) is 2.21. The molecule has 2 atom stereocenters. The number of carboxylic acids is 1. The van der Waals surface area contributed by atoms with E-state index in [0.717, 1.165) is 0 Å². The number of hydrogen-bond donors (Lipinski definition) is 2. The predicted octanol–water partition coefficient (Wildman–Crippen LogP) is 4.14. The highest BCUT2D eigenvalue weighted by Gasteiger charge is 2.42. The molecule has 7 heteroatoms. The summed E-state index contributed by atoms with van der Waals surface area (Å²) >= 11 is 3.16. The maximum absolute atomic E-state index is 13.2. The average Bonchev–Trinajstić information content (AvgIpc) is 2.33. The number of nitrogens with one attached hydrogen (secondary N) is 1. The summed E-state index contributed by atoms with van der Waals surface area (Å²) in [5, 5.41) is 11.3. The van der Waals surface area contributed by atoms with E-state index in [1.807, 2.05) is 0 Å². The number of benzene rings is 1. The Morgan fingerprint density at radius 3 is 2.19 bits per heavy atom. The first-order valence-corrected chi connectivity index (χ1v) is 7.21. The molecule has 0 radical (unpaired) electrons. The Hall–Kier alpha value is -1.08. The molecule has 0 bridgehead atoms. The van der Waals surface area contributed by atoms with Crippen LogP contribution in [0.1, 0.15) is 31.9 Å². The van der Waals surface area contributed by atoms with Crippen LogP contribution in [0.5, 0.6) is 0 Å². The molecule has 0 spiro atoms. The Kier molecular flexibility index (Phi) is 6.22. The molecule has 0 fully saturated rings. The maximum Gasteiger partial charge on any atom is 0.407 e. The number of alkyl halides is 3. The van der Waals surface area contributed by atoms with Crippen molar-refractivity contribution in [1.29, 1.82) is 0 Å². The summed E-state index contributed by atoms with van der Waals surface area (Å²) < 4.78 is 40.3. The predicted molar refractivity (Wildman–Crippen MR) is 77.0 cm³/mol. The van der Waals surface area contributed by atoms with E-state index in [1.165, 1.54) is 24.3 Å². The SMILES string of the molecule is CC(C)CC(N[C@@H](c1ccc(Br)cc1)C(F)(F)F)C(=O)O. The molecule has 0 aliphatic rings. The molecule has 0 saturated heterocycles. The molecular weight excluding hydrogens is 351 g/mol. The average molecular weight is 368 g/mol. The largest absolute Gasteiger partial charge is 0.480 e. The summed E-state index contributed by atoms with van der Waals surface area (Å²) in [7, 11) is 0. The molecule has 0 amide bonds. The Labute approximate surface area is 129 Å². The van der Waals surface area contributed by atoms with Crippen molar-refractivity contribution >= 4 is 21.9 Å². The topological polar surface area (TPSA) is 49.3 Å². The van der Waals surface area contributed by atoms with E-state index in [0.29, 0.717) is 4.47 Å². The van der Waals surface area contributed by atoms with Crippen LogP contribution in [0.4, 0.5) is 13.2 Å². The minimum absolute atomic E-state index is 0.0132. The first-order valence-electron chi connectivity index (χ1n) is 6.42. The molecule has 1 rings (SSSR count). The van der Waals surface area contributed by atoms with Gasteiger partial charge in [-0.1, -0.05) is 41.9 Å². The molecule has 0 aromatic heterocycles. The van der Waals surface area contributed by atoms with Gasteiger partial charge in [0.25, 0.3) is 0 Å². The lowest BCUT2D eigenvalue weighted by molar-refractivity contribution is -0.163. The Morgan fingerprint density at radius 1 is 1.29 bits per heavy atom. The van der Waals surface area contributed by atoms with Crippen LogP contribution in [0.15, 0.2) is 28.7 Å². The van der Waals surface area contributed by atoms with Crippen molar-refractivity contribution in [3.8, 4) is 0 Å². The van der Waals surface area contributed by atoms with Crippen molar-refractivity contribution in [3.63, 3.8) is 0 Å². The molecule has 118 valence electrons. The molecule has 0 saturated carbocycles. The Bertz CT molecular complexity index is 474. The van der Waals surface area contributed by atoms with E-state index >= 15 is 0 Å². The minimum Gasteiger partial charge on any atom is -0.480 e. The van der Waals surface area contributed by atoms with Gasteiger partial charge in [0.1, 0.15) is 12.1 Å². The lowest BCUT2D eigenvalue weighted by Crippen LogP contribution is -2.45. The molecule has 1 aromatic rings. The maximum atomic E-state index is 13.2. The highest BCUT2D eigenvalue weighted by atomic mass is 79.9. The summed E-state index contributed by atoms with van der Waals surface area (Å²) in [6.07, 6.45) is -4.45. The first-order chi connectivity index (χ1) is 9.61. The van der Waals surface area contributed by atoms with E-state index in [2.05, 4.69) is 21.2 Å². The quantitative estimate of drug-likeness (QED) is 0.794. The number of aliphatic carboxylic acids is 1. The highest BCUT2D eigenvalue weighted by molar-refractivity contribution is 9.10. The van der Waals surface area contributed by atoms with E-state index in [4.69, 9.17) is 5.11 Å². The van der Waals surface area contributed by atoms with Crippen LogP contribution in [-0.4, -0.2) is 23.3 Å². The van der Waals surface area contributed by atoms with Crippen LogP contribution in [0.2, 0.25) is 0 Å². The van der Waals surface area contributed by atoms with Crippen LogP contribution in [0.3, 0.4) is 0 Å². The lowest BCUT2D eigenvalue weighted by atomic mass is 10.0. The van der Waals surface area contributed by atoms with Gasteiger partial charge in [-0.25, -0.2) is 0 Å². The van der Waals surface area contributed by atoms with Gasteiger partial charge in [-0.2, -0.15) is 13.2 Å².